The molecular weight excluding hydrogens is 272 g/mol. The van der Waals surface area contributed by atoms with Crippen LogP contribution in [-0.2, 0) is 0 Å². The van der Waals surface area contributed by atoms with Gasteiger partial charge in [0.25, 0.3) is 0 Å². The Labute approximate surface area is 124 Å². The molecule has 21 heavy (non-hydrogen) atoms. The molecule has 1 aromatic carbocycles. The first-order chi connectivity index (χ1) is 10.0. The summed E-state index contributed by atoms with van der Waals surface area (Å²) in [5.74, 6) is 0.373. The molecule has 1 aromatic rings. The molecule has 2 rings (SSSR count). The zero-order valence-corrected chi connectivity index (χ0v) is 12.2. The third-order valence-corrected chi connectivity index (χ3v) is 4.29. The summed E-state index contributed by atoms with van der Waals surface area (Å²) in [5, 5.41) is 21.5. The van der Waals surface area contributed by atoms with E-state index in [-0.39, 0.29) is 17.4 Å². The number of ether oxygens (including phenoxy) is 1. The zero-order chi connectivity index (χ0) is 15.4. The Kier molecular flexibility index (Phi) is 5.14. The lowest BCUT2D eigenvalue weighted by Crippen LogP contribution is -2.34. The van der Waals surface area contributed by atoms with Crippen LogP contribution in [0.1, 0.15) is 43.7 Å². The number of nitrogens with two attached hydrogens (primary N) is 1. The molecule has 0 aromatic heterocycles. The molecule has 2 atom stereocenters. The molecule has 0 radical (unpaired) electrons. The number of nitrogens with zero attached hydrogens (tertiary/aromatic N) is 1. The van der Waals surface area contributed by atoms with Crippen LogP contribution in [0.25, 0.3) is 0 Å². The molecule has 0 amide bonds. The van der Waals surface area contributed by atoms with E-state index in [2.05, 4.69) is 0 Å². The lowest BCUT2D eigenvalue weighted by atomic mass is 9.81. The maximum absolute atomic E-state index is 11.0. The van der Waals surface area contributed by atoms with E-state index >= 15 is 0 Å². The second-order valence-electron chi connectivity index (χ2n) is 5.60. The van der Waals surface area contributed by atoms with Gasteiger partial charge in [-0.1, -0.05) is 25.3 Å². The summed E-state index contributed by atoms with van der Waals surface area (Å²) in [5.41, 5.74) is 6.56. The molecule has 116 valence electrons. The molecule has 1 saturated carbocycles. The van der Waals surface area contributed by atoms with Crippen molar-refractivity contribution in [3.05, 3.63) is 33.9 Å². The van der Waals surface area contributed by atoms with Gasteiger partial charge in [0.15, 0.2) is 5.75 Å². The summed E-state index contributed by atoms with van der Waals surface area (Å²) in [7, 11) is 1.39. The number of hydrogen-bond donors (Lipinski definition) is 2. The Bertz CT molecular complexity index is 500. The second-order valence-corrected chi connectivity index (χ2v) is 5.60. The van der Waals surface area contributed by atoms with Gasteiger partial charge < -0.3 is 15.6 Å². The highest BCUT2D eigenvalue weighted by Crippen LogP contribution is 2.34. The van der Waals surface area contributed by atoms with E-state index in [9.17, 15) is 15.2 Å². The highest BCUT2D eigenvalue weighted by atomic mass is 16.6. The van der Waals surface area contributed by atoms with E-state index in [1.54, 1.807) is 6.07 Å². The molecule has 0 unspecified atom stereocenters. The van der Waals surface area contributed by atoms with Crippen LogP contribution in [0.5, 0.6) is 5.75 Å². The lowest BCUT2D eigenvalue weighted by Gasteiger charge is -2.30. The van der Waals surface area contributed by atoms with E-state index < -0.39 is 17.1 Å². The summed E-state index contributed by atoms with van der Waals surface area (Å²) in [6, 6.07) is 4.00. The Balaban J connectivity index is 2.19. The maximum Gasteiger partial charge on any atom is 0.311 e. The van der Waals surface area contributed by atoms with Gasteiger partial charge in [-0.2, -0.15) is 0 Å². The van der Waals surface area contributed by atoms with Gasteiger partial charge in [0, 0.05) is 6.07 Å². The molecule has 6 nitrogen and oxygen atoms in total. The van der Waals surface area contributed by atoms with Crippen LogP contribution >= 0.6 is 0 Å². The van der Waals surface area contributed by atoms with Crippen molar-refractivity contribution in [3.8, 4) is 5.75 Å². The number of aliphatic hydroxyl groups is 1. The van der Waals surface area contributed by atoms with E-state index in [1.165, 1.54) is 25.7 Å². The van der Waals surface area contributed by atoms with Crippen molar-refractivity contribution >= 4 is 5.69 Å². The van der Waals surface area contributed by atoms with Crippen molar-refractivity contribution in [2.75, 3.05) is 7.11 Å². The van der Waals surface area contributed by atoms with Crippen LogP contribution < -0.4 is 10.5 Å². The molecule has 0 aliphatic heterocycles. The highest BCUT2D eigenvalue weighted by Gasteiger charge is 2.29. The van der Waals surface area contributed by atoms with Crippen molar-refractivity contribution in [2.45, 2.75) is 44.2 Å². The topological polar surface area (TPSA) is 98.6 Å². The molecular formula is C15H22N2O4. The maximum atomic E-state index is 11.0. The summed E-state index contributed by atoms with van der Waals surface area (Å²) >= 11 is 0. The smallest absolute Gasteiger partial charge is 0.311 e. The Hall–Kier alpha value is -1.66. The Morgan fingerprint density at radius 2 is 2.05 bits per heavy atom. The molecule has 1 aliphatic rings. The number of benzene rings is 1. The van der Waals surface area contributed by atoms with Gasteiger partial charge in [-0.3, -0.25) is 10.1 Å². The largest absolute Gasteiger partial charge is 0.490 e. The minimum atomic E-state index is -0.668. The molecule has 0 bridgehead atoms. The van der Waals surface area contributed by atoms with Crippen LogP contribution in [0, 0.1) is 16.0 Å². The van der Waals surface area contributed by atoms with E-state index in [0.717, 1.165) is 25.7 Å². The lowest BCUT2D eigenvalue weighted by molar-refractivity contribution is -0.385. The van der Waals surface area contributed by atoms with E-state index in [0.29, 0.717) is 5.56 Å². The summed E-state index contributed by atoms with van der Waals surface area (Å²) in [6.07, 6.45) is 4.68. The van der Waals surface area contributed by atoms with Crippen LogP contribution in [0.15, 0.2) is 18.2 Å². The predicted octanol–water partition coefficient (Wildman–Crippen LogP) is 2.54. The SMILES string of the molecule is COc1ccc([C@H](N)[C@H](O)C2CCCCC2)cc1[N+](=O)[O-]. The quantitative estimate of drug-likeness (QED) is 0.642. The van der Waals surface area contributed by atoms with Crippen LogP contribution in [-0.4, -0.2) is 23.2 Å². The minimum absolute atomic E-state index is 0.124. The third-order valence-electron chi connectivity index (χ3n) is 4.29. The molecule has 0 saturated heterocycles. The predicted molar refractivity (Wildman–Crippen MR) is 79.2 cm³/mol. The number of hydrogen-bond acceptors (Lipinski definition) is 5. The molecule has 6 heteroatoms. The van der Waals surface area contributed by atoms with Gasteiger partial charge in [0.05, 0.1) is 24.2 Å². The molecule has 0 spiro atoms. The van der Waals surface area contributed by atoms with Crippen molar-refractivity contribution in [1.82, 2.24) is 0 Å². The van der Waals surface area contributed by atoms with Gasteiger partial charge in [-0.15, -0.1) is 0 Å². The second kappa shape index (κ2) is 6.87. The standard InChI is InChI=1S/C15H22N2O4/c1-21-13-8-7-11(9-12(13)17(19)20)14(16)15(18)10-5-3-2-4-6-10/h7-10,14-15,18H,2-6,16H2,1H3/t14-,15+/m0/s1. The van der Waals surface area contributed by atoms with Crippen LogP contribution in [0.4, 0.5) is 5.69 Å². The van der Waals surface area contributed by atoms with Gasteiger partial charge in [0.2, 0.25) is 0 Å². The molecule has 0 heterocycles. The summed E-state index contributed by atoms with van der Waals surface area (Å²) in [4.78, 5) is 10.6. The number of nitro groups is 1. The van der Waals surface area contributed by atoms with Crippen LogP contribution in [0.3, 0.4) is 0 Å². The number of methoxy groups -OCH3 is 1. The first-order valence-corrected chi connectivity index (χ1v) is 7.30. The van der Waals surface area contributed by atoms with Crippen molar-refractivity contribution in [2.24, 2.45) is 11.7 Å². The minimum Gasteiger partial charge on any atom is -0.490 e. The third kappa shape index (κ3) is 3.51. The number of aliphatic hydroxyl groups excluding tert-OH is 1. The average molecular weight is 294 g/mol. The normalized spacial score (nSPS) is 19.0. The van der Waals surface area contributed by atoms with E-state index in [4.69, 9.17) is 10.5 Å². The fourth-order valence-corrected chi connectivity index (χ4v) is 3.02. The van der Waals surface area contributed by atoms with Crippen molar-refractivity contribution in [3.63, 3.8) is 0 Å². The number of rotatable bonds is 5. The van der Waals surface area contributed by atoms with E-state index in [1.807, 2.05) is 0 Å². The van der Waals surface area contributed by atoms with Gasteiger partial charge in [0.1, 0.15) is 0 Å². The fourth-order valence-electron chi connectivity index (χ4n) is 3.02. The number of nitro benzene ring substituents is 1. The van der Waals surface area contributed by atoms with Gasteiger partial charge >= 0.3 is 5.69 Å². The van der Waals surface area contributed by atoms with Gasteiger partial charge in [-0.25, -0.2) is 0 Å². The molecule has 3 N–H and O–H groups in total. The summed E-state index contributed by atoms with van der Waals surface area (Å²) < 4.78 is 4.97. The first kappa shape index (κ1) is 15.7. The Morgan fingerprint density at radius 1 is 1.38 bits per heavy atom. The average Bonchev–Trinajstić information content (AvgIpc) is 2.53. The van der Waals surface area contributed by atoms with Gasteiger partial charge in [-0.05, 0) is 30.4 Å². The van der Waals surface area contributed by atoms with Crippen molar-refractivity contribution in [1.29, 1.82) is 0 Å². The monoisotopic (exact) mass is 294 g/mol. The van der Waals surface area contributed by atoms with Crippen molar-refractivity contribution < 1.29 is 14.8 Å². The summed E-state index contributed by atoms with van der Waals surface area (Å²) in [6.45, 7) is 0. The molecule has 1 fully saturated rings. The highest BCUT2D eigenvalue weighted by molar-refractivity contribution is 5.49. The Morgan fingerprint density at radius 3 is 2.62 bits per heavy atom. The fraction of sp³-hybridized carbons (Fsp3) is 0.600. The molecule has 1 aliphatic carbocycles. The van der Waals surface area contributed by atoms with Crippen LogP contribution in [0.2, 0.25) is 0 Å². The first-order valence-electron chi connectivity index (χ1n) is 7.30. The zero-order valence-electron chi connectivity index (χ0n) is 12.2.